The van der Waals surface area contributed by atoms with E-state index in [9.17, 15) is 0 Å². The molecule has 4 rings (SSSR count). The van der Waals surface area contributed by atoms with Gasteiger partial charge in [0.25, 0.3) is 0 Å². The predicted octanol–water partition coefficient (Wildman–Crippen LogP) is 2.93. The topological polar surface area (TPSA) is 119 Å². The van der Waals surface area contributed by atoms with Gasteiger partial charge < -0.3 is 16.8 Å². The second-order valence-corrected chi connectivity index (χ2v) is 6.35. The van der Waals surface area contributed by atoms with E-state index >= 15 is 0 Å². The molecule has 0 aliphatic heterocycles. The van der Waals surface area contributed by atoms with Crippen molar-refractivity contribution in [1.29, 1.82) is 0 Å². The molecule has 0 spiro atoms. The maximum Gasteiger partial charge on any atom is 0.222 e. The highest BCUT2D eigenvalue weighted by Crippen LogP contribution is 2.27. The van der Waals surface area contributed by atoms with E-state index in [-0.39, 0.29) is 5.95 Å². The molecule has 0 amide bonds. The summed E-state index contributed by atoms with van der Waals surface area (Å²) in [5, 5.41) is 11.4. The number of aromatic nitrogens is 4. The Morgan fingerprint density at radius 1 is 1.04 bits per heavy atom. The lowest BCUT2D eigenvalue weighted by atomic mass is 9.95. The predicted molar refractivity (Wildman–Crippen MR) is 96.4 cm³/mol. The zero-order chi connectivity index (χ0) is 16.5. The summed E-state index contributed by atoms with van der Waals surface area (Å²) >= 11 is 0. The van der Waals surface area contributed by atoms with Gasteiger partial charge in [-0.25, -0.2) is 4.98 Å². The molecule has 0 saturated heterocycles. The van der Waals surface area contributed by atoms with Crippen molar-refractivity contribution in [3.05, 3.63) is 24.3 Å². The molecule has 2 aromatic heterocycles. The molecule has 24 heavy (non-hydrogen) atoms. The maximum absolute atomic E-state index is 5.92. The maximum atomic E-state index is 5.92. The van der Waals surface area contributed by atoms with Gasteiger partial charge in [-0.05, 0) is 25.0 Å². The van der Waals surface area contributed by atoms with Crippen molar-refractivity contribution in [2.24, 2.45) is 0 Å². The molecule has 3 aromatic rings. The van der Waals surface area contributed by atoms with E-state index in [0.717, 1.165) is 28.0 Å². The summed E-state index contributed by atoms with van der Waals surface area (Å²) in [4.78, 5) is 8.71. The van der Waals surface area contributed by atoms with Crippen molar-refractivity contribution in [3.63, 3.8) is 0 Å². The minimum Gasteiger partial charge on any atom is -0.382 e. The molecular weight excluding hydrogens is 302 g/mol. The number of rotatable bonds is 3. The van der Waals surface area contributed by atoms with Crippen LogP contribution in [0, 0.1) is 0 Å². The lowest BCUT2D eigenvalue weighted by Gasteiger charge is -2.23. The van der Waals surface area contributed by atoms with Crippen molar-refractivity contribution in [2.45, 2.75) is 38.1 Å². The standard InChI is InChI=1S/C17H21N7/c18-16-12-7-6-10(8-14(12)23-24-16)13-9-15(22-17(19)21-13)20-11-4-2-1-3-5-11/h6-9,11H,1-5H2,(H3,18,23,24)(H3,19,20,21,22). The van der Waals surface area contributed by atoms with Crippen molar-refractivity contribution in [3.8, 4) is 11.3 Å². The number of H-pyrrole nitrogens is 1. The largest absolute Gasteiger partial charge is 0.382 e. The van der Waals surface area contributed by atoms with Crippen LogP contribution in [0.4, 0.5) is 17.6 Å². The van der Waals surface area contributed by atoms with Crippen LogP contribution in [0.25, 0.3) is 22.2 Å². The molecule has 1 aromatic carbocycles. The fraction of sp³-hybridized carbons (Fsp3) is 0.353. The van der Waals surface area contributed by atoms with Crippen molar-refractivity contribution in [2.75, 3.05) is 16.8 Å². The second kappa shape index (κ2) is 5.99. The molecule has 7 nitrogen and oxygen atoms in total. The molecular formula is C17H21N7. The quantitative estimate of drug-likeness (QED) is 0.588. The number of anilines is 3. The minimum atomic E-state index is 0.273. The summed E-state index contributed by atoms with van der Waals surface area (Å²) in [6, 6.07) is 8.31. The Labute approximate surface area is 139 Å². The van der Waals surface area contributed by atoms with Crippen LogP contribution in [0.15, 0.2) is 24.3 Å². The molecule has 0 radical (unpaired) electrons. The SMILES string of the molecule is Nc1nc(NC2CCCCC2)cc(-c2ccc3c(N)n[nH]c3c2)n1. The number of nitrogens with one attached hydrogen (secondary N) is 2. The highest BCUT2D eigenvalue weighted by molar-refractivity contribution is 5.91. The van der Waals surface area contributed by atoms with E-state index in [1.54, 1.807) is 0 Å². The van der Waals surface area contributed by atoms with E-state index in [1.165, 1.54) is 32.1 Å². The number of aromatic amines is 1. The van der Waals surface area contributed by atoms with Gasteiger partial charge >= 0.3 is 0 Å². The molecule has 1 saturated carbocycles. The van der Waals surface area contributed by atoms with Gasteiger partial charge in [0.15, 0.2) is 5.82 Å². The summed E-state index contributed by atoms with van der Waals surface area (Å²) in [5.74, 6) is 1.56. The molecule has 0 unspecified atom stereocenters. The monoisotopic (exact) mass is 323 g/mol. The lowest BCUT2D eigenvalue weighted by Crippen LogP contribution is -2.23. The first kappa shape index (κ1) is 14.7. The van der Waals surface area contributed by atoms with Gasteiger partial charge in [0.05, 0.1) is 11.2 Å². The summed E-state index contributed by atoms with van der Waals surface area (Å²) < 4.78 is 0. The Kier molecular flexibility index (Phi) is 3.68. The minimum absolute atomic E-state index is 0.273. The Bertz CT molecular complexity index is 865. The van der Waals surface area contributed by atoms with Crippen LogP contribution in [0.1, 0.15) is 32.1 Å². The van der Waals surface area contributed by atoms with Gasteiger partial charge in [0, 0.05) is 23.1 Å². The number of nitrogen functional groups attached to an aromatic ring is 2. The average Bonchev–Trinajstić information content (AvgIpc) is 2.96. The van der Waals surface area contributed by atoms with E-state index in [0.29, 0.717) is 11.9 Å². The zero-order valence-electron chi connectivity index (χ0n) is 13.4. The third-order valence-electron chi connectivity index (χ3n) is 4.59. The van der Waals surface area contributed by atoms with Gasteiger partial charge in [-0.1, -0.05) is 25.3 Å². The van der Waals surface area contributed by atoms with Crippen molar-refractivity contribution in [1.82, 2.24) is 20.2 Å². The second-order valence-electron chi connectivity index (χ2n) is 6.35. The van der Waals surface area contributed by atoms with Crippen LogP contribution < -0.4 is 16.8 Å². The number of hydrogen-bond donors (Lipinski definition) is 4. The van der Waals surface area contributed by atoms with Crippen LogP contribution in [0.2, 0.25) is 0 Å². The van der Waals surface area contributed by atoms with Crippen LogP contribution in [0.5, 0.6) is 0 Å². The lowest BCUT2D eigenvalue weighted by molar-refractivity contribution is 0.462. The average molecular weight is 323 g/mol. The highest BCUT2D eigenvalue weighted by atomic mass is 15.1. The van der Waals surface area contributed by atoms with Gasteiger partial charge in [-0.3, -0.25) is 5.10 Å². The van der Waals surface area contributed by atoms with Crippen molar-refractivity contribution < 1.29 is 0 Å². The summed E-state index contributed by atoms with van der Waals surface area (Å²) in [6.07, 6.45) is 6.21. The summed E-state index contributed by atoms with van der Waals surface area (Å²) in [5.41, 5.74) is 14.4. The molecule has 1 aliphatic rings. The molecule has 6 N–H and O–H groups in total. The third-order valence-corrected chi connectivity index (χ3v) is 4.59. The first-order valence-electron chi connectivity index (χ1n) is 8.34. The van der Waals surface area contributed by atoms with E-state index in [2.05, 4.69) is 25.5 Å². The third kappa shape index (κ3) is 2.84. The van der Waals surface area contributed by atoms with Crippen LogP contribution in [0.3, 0.4) is 0 Å². The summed E-state index contributed by atoms with van der Waals surface area (Å²) in [6.45, 7) is 0. The molecule has 1 aliphatic carbocycles. The van der Waals surface area contributed by atoms with Crippen LogP contribution in [-0.4, -0.2) is 26.2 Å². The molecule has 7 heteroatoms. The van der Waals surface area contributed by atoms with E-state index in [4.69, 9.17) is 11.5 Å². The highest BCUT2D eigenvalue weighted by Gasteiger charge is 2.15. The van der Waals surface area contributed by atoms with Gasteiger partial charge in [-0.2, -0.15) is 10.1 Å². The van der Waals surface area contributed by atoms with Gasteiger partial charge in [0.2, 0.25) is 5.95 Å². The Balaban J connectivity index is 1.66. The molecule has 0 atom stereocenters. The first-order chi connectivity index (χ1) is 11.7. The van der Waals surface area contributed by atoms with E-state index in [1.807, 2.05) is 24.3 Å². The van der Waals surface area contributed by atoms with Gasteiger partial charge in [0.1, 0.15) is 5.82 Å². The summed E-state index contributed by atoms with van der Waals surface area (Å²) in [7, 11) is 0. The smallest absolute Gasteiger partial charge is 0.222 e. The van der Waals surface area contributed by atoms with Gasteiger partial charge in [-0.15, -0.1) is 0 Å². The first-order valence-corrected chi connectivity index (χ1v) is 8.34. The molecule has 1 fully saturated rings. The van der Waals surface area contributed by atoms with Crippen LogP contribution in [-0.2, 0) is 0 Å². The van der Waals surface area contributed by atoms with Crippen LogP contribution >= 0.6 is 0 Å². The Hall–Kier alpha value is -2.83. The number of nitrogens with two attached hydrogens (primary N) is 2. The number of hydrogen-bond acceptors (Lipinski definition) is 6. The number of fused-ring (bicyclic) bond motifs is 1. The number of benzene rings is 1. The molecule has 0 bridgehead atoms. The fourth-order valence-electron chi connectivity index (χ4n) is 3.34. The normalized spacial score (nSPS) is 15.7. The molecule has 2 heterocycles. The Morgan fingerprint density at radius 3 is 2.71 bits per heavy atom. The Morgan fingerprint density at radius 2 is 1.88 bits per heavy atom. The van der Waals surface area contributed by atoms with E-state index < -0.39 is 0 Å². The zero-order valence-corrected chi connectivity index (χ0v) is 13.4. The fourth-order valence-corrected chi connectivity index (χ4v) is 3.34. The number of nitrogens with zero attached hydrogens (tertiary/aromatic N) is 3. The molecule has 124 valence electrons. The van der Waals surface area contributed by atoms with Crippen molar-refractivity contribution >= 4 is 28.5 Å².